The van der Waals surface area contributed by atoms with E-state index in [4.69, 9.17) is 14.2 Å². The predicted octanol–water partition coefficient (Wildman–Crippen LogP) is 2.29. The Morgan fingerprint density at radius 2 is 1.91 bits per heavy atom. The van der Waals surface area contributed by atoms with Crippen LogP contribution in [-0.4, -0.2) is 25.9 Å². The number of hydrogen-bond acceptors (Lipinski definition) is 4. The maximum absolute atomic E-state index is 12.7. The average molecular weight is 317 g/mol. The molecular weight excluding hydrogens is 301 g/mol. The lowest BCUT2D eigenvalue weighted by molar-refractivity contribution is -0.123. The monoisotopic (exact) mass is 317 g/mol. The van der Waals surface area contributed by atoms with Gasteiger partial charge in [0.1, 0.15) is 11.6 Å². The molecule has 0 radical (unpaired) electrons. The highest BCUT2D eigenvalue weighted by atomic mass is 19.1. The molecule has 0 unspecified atom stereocenters. The first-order chi connectivity index (χ1) is 11.2. The van der Waals surface area contributed by atoms with Crippen LogP contribution in [0.15, 0.2) is 42.5 Å². The molecule has 1 amide bonds. The van der Waals surface area contributed by atoms with Crippen molar-refractivity contribution in [2.45, 2.75) is 6.42 Å². The first-order valence-electron chi connectivity index (χ1n) is 7.24. The Bertz CT molecular complexity index is 687. The van der Waals surface area contributed by atoms with Crippen LogP contribution in [0.3, 0.4) is 0 Å². The molecule has 0 saturated carbocycles. The second kappa shape index (κ2) is 7.00. The van der Waals surface area contributed by atoms with E-state index in [2.05, 4.69) is 5.32 Å². The second-order valence-corrected chi connectivity index (χ2v) is 5.03. The standard InChI is InChI=1S/C17H16FNO4/c18-13-2-4-14(5-3-13)21-10-17(20)19-8-7-12-1-6-15-16(9-12)23-11-22-15/h1-6,9H,7-8,10-11H2,(H,19,20). The predicted molar refractivity (Wildman–Crippen MR) is 81.2 cm³/mol. The summed E-state index contributed by atoms with van der Waals surface area (Å²) in [5.41, 5.74) is 1.05. The van der Waals surface area contributed by atoms with Gasteiger partial charge in [-0.3, -0.25) is 4.79 Å². The van der Waals surface area contributed by atoms with Gasteiger partial charge in [0.25, 0.3) is 5.91 Å². The summed E-state index contributed by atoms with van der Waals surface area (Å²) >= 11 is 0. The number of ether oxygens (including phenoxy) is 3. The Labute approximate surface area is 133 Å². The third kappa shape index (κ3) is 4.12. The van der Waals surface area contributed by atoms with Crippen molar-refractivity contribution in [2.24, 2.45) is 0 Å². The molecule has 6 heteroatoms. The molecule has 3 rings (SSSR count). The van der Waals surface area contributed by atoms with Crippen LogP contribution in [0.25, 0.3) is 0 Å². The van der Waals surface area contributed by atoms with Gasteiger partial charge in [0.05, 0.1) is 0 Å². The van der Waals surface area contributed by atoms with E-state index in [1.54, 1.807) is 0 Å². The summed E-state index contributed by atoms with van der Waals surface area (Å²) in [6.45, 7) is 0.633. The fourth-order valence-corrected chi connectivity index (χ4v) is 2.17. The van der Waals surface area contributed by atoms with E-state index in [0.717, 1.165) is 17.1 Å². The molecular formula is C17H16FNO4. The highest BCUT2D eigenvalue weighted by molar-refractivity contribution is 5.77. The molecule has 1 aliphatic rings. The summed E-state index contributed by atoms with van der Waals surface area (Å²) in [7, 11) is 0. The van der Waals surface area contributed by atoms with Crippen LogP contribution in [0, 0.1) is 5.82 Å². The lowest BCUT2D eigenvalue weighted by Crippen LogP contribution is -2.30. The van der Waals surface area contributed by atoms with E-state index >= 15 is 0 Å². The largest absolute Gasteiger partial charge is 0.484 e. The van der Waals surface area contributed by atoms with Gasteiger partial charge in [0.15, 0.2) is 18.1 Å². The van der Waals surface area contributed by atoms with Crippen molar-refractivity contribution in [1.82, 2.24) is 5.32 Å². The highest BCUT2D eigenvalue weighted by Crippen LogP contribution is 2.32. The fourth-order valence-electron chi connectivity index (χ4n) is 2.17. The minimum absolute atomic E-state index is 0.104. The van der Waals surface area contributed by atoms with E-state index in [9.17, 15) is 9.18 Å². The van der Waals surface area contributed by atoms with Crippen molar-refractivity contribution >= 4 is 5.91 Å². The van der Waals surface area contributed by atoms with E-state index < -0.39 is 0 Å². The summed E-state index contributed by atoms with van der Waals surface area (Å²) in [6, 6.07) is 11.2. The summed E-state index contributed by atoms with van der Waals surface area (Å²) in [4.78, 5) is 11.7. The minimum atomic E-state index is -0.342. The summed E-state index contributed by atoms with van der Waals surface area (Å²) in [5.74, 6) is 1.36. The molecule has 2 aromatic carbocycles. The van der Waals surface area contributed by atoms with Gasteiger partial charge in [0, 0.05) is 6.54 Å². The van der Waals surface area contributed by atoms with Gasteiger partial charge in [-0.1, -0.05) is 6.07 Å². The molecule has 0 fully saturated rings. The maximum atomic E-state index is 12.7. The zero-order valence-corrected chi connectivity index (χ0v) is 12.4. The molecule has 0 aromatic heterocycles. The Balaban J connectivity index is 1.40. The molecule has 1 N–H and O–H groups in total. The molecule has 0 spiro atoms. The normalized spacial score (nSPS) is 12.0. The molecule has 0 atom stereocenters. The zero-order valence-electron chi connectivity index (χ0n) is 12.4. The number of halogens is 1. The van der Waals surface area contributed by atoms with Gasteiger partial charge in [0.2, 0.25) is 6.79 Å². The summed E-state index contributed by atoms with van der Waals surface area (Å²) < 4.78 is 28.6. The van der Waals surface area contributed by atoms with Crippen molar-refractivity contribution in [2.75, 3.05) is 19.9 Å². The molecule has 1 aliphatic heterocycles. The molecule has 2 aromatic rings. The summed E-state index contributed by atoms with van der Waals surface area (Å²) in [5, 5.41) is 2.77. The smallest absolute Gasteiger partial charge is 0.257 e. The van der Waals surface area contributed by atoms with Crippen molar-refractivity contribution in [1.29, 1.82) is 0 Å². The van der Waals surface area contributed by atoms with E-state index in [0.29, 0.717) is 18.7 Å². The van der Waals surface area contributed by atoms with Crippen molar-refractivity contribution < 1.29 is 23.4 Å². The number of nitrogens with one attached hydrogen (secondary N) is 1. The van der Waals surface area contributed by atoms with E-state index in [1.165, 1.54) is 24.3 Å². The molecule has 120 valence electrons. The molecule has 5 nitrogen and oxygen atoms in total. The van der Waals surface area contributed by atoms with Crippen LogP contribution >= 0.6 is 0 Å². The third-order valence-electron chi connectivity index (χ3n) is 3.36. The second-order valence-electron chi connectivity index (χ2n) is 5.03. The van der Waals surface area contributed by atoms with Gasteiger partial charge in [-0.15, -0.1) is 0 Å². The zero-order chi connectivity index (χ0) is 16.1. The Morgan fingerprint density at radius 3 is 2.74 bits per heavy atom. The van der Waals surface area contributed by atoms with Gasteiger partial charge in [-0.05, 0) is 48.4 Å². The van der Waals surface area contributed by atoms with Crippen molar-refractivity contribution in [3.8, 4) is 17.2 Å². The highest BCUT2D eigenvalue weighted by Gasteiger charge is 2.13. The van der Waals surface area contributed by atoms with Crippen molar-refractivity contribution in [3.05, 3.63) is 53.8 Å². The number of benzene rings is 2. The van der Waals surface area contributed by atoms with Gasteiger partial charge in [-0.2, -0.15) is 0 Å². The van der Waals surface area contributed by atoms with Crippen LogP contribution in [0.2, 0.25) is 0 Å². The number of rotatable bonds is 6. The SMILES string of the molecule is O=C(COc1ccc(F)cc1)NCCc1ccc2c(c1)OCO2. The first kappa shape index (κ1) is 15.1. The van der Waals surface area contributed by atoms with Crippen LogP contribution in [0.5, 0.6) is 17.2 Å². The average Bonchev–Trinajstić information content (AvgIpc) is 3.02. The quantitative estimate of drug-likeness (QED) is 0.888. The Morgan fingerprint density at radius 1 is 1.13 bits per heavy atom. The van der Waals surface area contributed by atoms with Crippen molar-refractivity contribution in [3.63, 3.8) is 0 Å². The number of carbonyl (C=O) groups is 1. The lowest BCUT2D eigenvalue weighted by atomic mass is 10.1. The Hall–Kier alpha value is -2.76. The van der Waals surface area contributed by atoms with Crippen LogP contribution in [0.4, 0.5) is 4.39 Å². The molecule has 1 heterocycles. The fraction of sp³-hybridized carbons (Fsp3) is 0.235. The molecule has 0 aliphatic carbocycles. The topological polar surface area (TPSA) is 56.8 Å². The minimum Gasteiger partial charge on any atom is -0.484 e. The summed E-state index contributed by atoms with van der Waals surface area (Å²) in [6.07, 6.45) is 0.679. The Kier molecular flexibility index (Phi) is 4.61. The van der Waals surface area contributed by atoms with E-state index in [1.807, 2.05) is 18.2 Å². The number of carbonyl (C=O) groups excluding carboxylic acids is 1. The number of amides is 1. The maximum Gasteiger partial charge on any atom is 0.257 e. The van der Waals surface area contributed by atoms with E-state index in [-0.39, 0.29) is 25.1 Å². The van der Waals surface area contributed by atoms with Gasteiger partial charge < -0.3 is 19.5 Å². The molecule has 23 heavy (non-hydrogen) atoms. The van der Waals surface area contributed by atoms with Gasteiger partial charge >= 0.3 is 0 Å². The van der Waals surface area contributed by atoms with Crippen LogP contribution in [0.1, 0.15) is 5.56 Å². The van der Waals surface area contributed by atoms with Crippen LogP contribution < -0.4 is 19.5 Å². The van der Waals surface area contributed by atoms with Gasteiger partial charge in [-0.25, -0.2) is 4.39 Å². The molecule has 0 bridgehead atoms. The molecule has 0 saturated heterocycles. The number of hydrogen-bond donors (Lipinski definition) is 1. The number of fused-ring (bicyclic) bond motifs is 1. The lowest BCUT2D eigenvalue weighted by Gasteiger charge is -2.08. The third-order valence-corrected chi connectivity index (χ3v) is 3.36. The first-order valence-corrected chi connectivity index (χ1v) is 7.24. The van der Waals surface area contributed by atoms with Crippen LogP contribution in [-0.2, 0) is 11.2 Å².